The van der Waals surface area contributed by atoms with E-state index in [0.717, 1.165) is 12.1 Å². The largest absolute Gasteiger partial charge is 0.321 e. The molecule has 1 aromatic heterocycles. The maximum Gasteiger partial charge on any atom is 0.128 e. The van der Waals surface area contributed by atoms with Crippen molar-refractivity contribution in [3.05, 3.63) is 30.1 Å². The Morgan fingerprint density at radius 2 is 1.95 bits per heavy atom. The predicted molar refractivity (Wildman–Crippen MR) is 88.5 cm³/mol. The number of rotatable bonds is 1. The van der Waals surface area contributed by atoms with Gasteiger partial charge in [-0.05, 0) is 57.7 Å². The van der Waals surface area contributed by atoms with Crippen molar-refractivity contribution in [2.45, 2.75) is 59.0 Å². The van der Waals surface area contributed by atoms with E-state index in [9.17, 15) is 0 Å². The molecule has 0 amide bonds. The Labute approximate surface area is 127 Å². The lowest BCUT2D eigenvalue weighted by molar-refractivity contribution is 0.165. The lowest BCUT2D eigenvalue weighted by Gasteiger charge is -2.40. The molecule has 0 saturated carbocycles. The number of hydrogen-bond acceptors (Lipinski definition) is 2. The maximum atomic E-state index is 5.00. The topological polar surface area (TPSA) is 29.9 Å². The Morgan fingerprint density at radius 3 is 2.62 bits per heavy atom. The molecular weight excluding hydrogens is 258 g/mol. The highest BCUT2D eigenvalue weighted by molar-refractivity contribution is 5.76. The molecule has 3 nitrogen and oxygen atoms in total. The van der Waals surface area contributed by atoms with Gasteiger partial charge in [-0.3, -0.25) is 0 Å². The van der Waals surface area contributed by atoms with Gasteiger partial charge in [0.15, 0.2) is 0 Å². The monoisotopic (exact) mass is 285 g/mol. The van der Waals surface area contributed by atoms with Gasteiger partial charge in [0.25, 0.3) is 0 Å². The van der Waals surface area contributed by atoms with E-state index in [4.69, 9.17) is 4.98 Å². The van der Waals surface area contributed by atoms with Gasteiger partial charge in [-0.15, -0.1) is 0 Å². The summed E-state index contributed by atoms with van der Waals surface area (Å²) >= 11 is 0. The van der Waals surface area contributed by atoms with Crippen molar-refractivity contribution >= 4 is 11.0 Å². The number of imidazole rings is 1. The number of aromatic nitrogens is 2. The van der Waals surface area contributed by atoms with Crippen LogP contribution >= 0.6 is 0 Å². The van der Waals surface area contributed by atoms with E-state index in [-0.39, 0.29) is 11.0 Å². The van der Waals surface area contributed by atoms with Crippen molar-refractivity contribution < 1.29 is 0 Å². The number of fused-ring (bicyclic) bond motifs is 1. The van der Waals surface area contributed by atoms with Crippen LogP contribution in [0.3, 0.4) is 0 Å². The molecule has 1 aliphatic heterocycles. The van der Waals surface area contributed by atoms with Gasteiger partial charge in [0.1, 0.15) is 5.82 Å². The molecule has 2 heterocycles. The highest BCUT2D eigenvalue weighted by Gasteiger charge is 2.38. The Morgan fingerprint density at radius 1 is 1.24 bits per heavy atom. The molecular formula is C18H27N3. The smallest absolute Gasteiger partial charge is 0.128 e. The summed E-state index contributed by atoms with van der Waals surface area (Å²) in [6.45, 7) is 12.6. The number of para-hydroxylation sites is 2. The van der Waals surface area contributed by atoms with E-state index in [1.165, 1.54) is 24.2 Å². The lowest BCUT2D eigenvalue weighted by Crippen LogP contribution is -2.42. The zero-order chi connectivity index (χ0) is 15.3. The number of nitrogens with zero attached hydrogens (tertiary/aromatic N) is 2. The quantitative estimate of drug-likeness (QED) is 0.849. The van der Waals surface area contributed by atoms with Gasteiger partial charge < -0.3 is 9.88 Å². The molecule has 3 rings (SSSR count). The van der Waals surface area contributed by atoms with E-state index in [1.807, 2.05) is 0 Å². The third-order valence-electron chi connectivity index (χ3n) is 4.64. The van der Waals surface area contributed by atoms with Crippen LogP contribution in [0.15, 0.2) is 24.3 Å². The summed E-state index contributed by atoms with van der Waals surface area (Å²) in [5, 5.41) is 3.72. The first kappa shape index (κ1) is 14.6. The summed E-state index contributed by atoms with van der Waals surface area (Å²) in [6.07, 6.45) is 2.50. The Kier molecular flexibility index (Phi) is 3.36. The van der Waals surface area contributed by atoms with Crippen LogP contribution in [0, 0.1) is 5.41 Å². The van der Waals surface area contributed by atoms with E-state index in [0.29, 0.717) is 6.04 Å². The van der Waals surface area contributed by atoms with Gasteiger partial charge >= 0.3 is 0 Å². The third-order valence-corrected chi connectivity index (χ3v) is 4.64. The molecule has 1 unspecified atom stereocenters. The molecule has 114 valence electrons. The predicted octanol–water partition coefficient (Wildman–Crippen LogP) is 4.24. The van der Waals surface area contributed by atoms with E-state index < -0.39 is 0 Å². The molecule has 1 fully saturated rings. The van der Waals surface area contributed by atoms with Gasteiger partial charge in [0.2, 0.25) is 0 Å². The van der Waals surface area contributed by atoms with Crippen LogP contribution < -0.4 is 5.32 Å². The van der Waals surface area contributed by atoms with Crippen LogP contribution in [-0.2, 0) is 5.54 Å². The molecule has 21 heavy (non-hydrogen) atoms. The van der Waals surface area contributed by atoms with Gasteiger partial charge in [-0.25, -0.2) is 4.98 Å². The van der Waals surface area contributed by atoms with Crippen molar-refractivity contribution in [2.75, 3.05) is 6.54 Å². The van der Waals surface area contributed by atoms with Crippen molar-refractivity contribution in [1.29, 1.82) is 0 Å². The molecule has 0 spiro atoms. The van der Waals surface area contributed by atoms with Crippen molar-refractivity contribution in [1.82, 2.24) is 14.9 Å². The average molecular weight is 285 g/mol. The summed E-state index contributed by atoms with van der Waals surface area (Å²) in [5.74, 6) is 1.19. The number of hydrogen-bond donors (Lipinski definition) is 1. The van der Waals surface area contributed by atoms with Crippen LogP contribution in [0.1, 0.15) is 59.3 Å². The molecule has 1 saturated heterocycles. The summed E-state index contributed by atoms with van der Waals surface area (Å²) in [5.41, 5.74) is 2.61. The van der Waals surface area contributed by atoms with Crippen molar-refractivity contribution in [2.24, 2.45) is 5.41 Å². The fourth-order valence-corrected chi connectivity index (χ4v) is 3.60. The molecule has 1 N–H and O–H groups in total. The Bertz CT molecular complexity index is 646. The zero-order valence-corrected chi connectivity index (χ0v) is 13.9. The van der Waals surface area contributed by atoms with E-state index in [2.05, 4.69) is 68.8 Å². The van der Waals surface area contributed by atoms with Crippen LogP contribution in [0.2, 0.25) is 0 Å². The second-order valence-electron chi connectivity index (χ2n) is 7.94. The molecule has 0 aliphatic carbocycles. The molecule has 0 radical (unpaired) electrons. The zero-order valence-electron chi connectivity index (χ0n) is 13.9. The fourth-order valence-electron chi connectivity index (χ4n) is 3.60. The standard InChI is InChI=1S/C18H27N3/c1-17(2,3)21-14-10-7-6-9-13(14)20-16(21)15-18(4,5)11-8-12-19-15/h6-7,9-10,15,19H,8,11-12H2,1-5H3. The Hall–Kier alpha value is -1.35. The third kappa shape index (κ3) is 2.48. The molecule has 2 aromatic rings. The number of nitrogens with one attached hydrogen (secondary N) is 1. The van der Waals surface area contributed by atoms with Crippen molar-refractivity contribution in [3.63, 3.8) is 0 Å². The van der Waals surface area contributed by atoms with E-state index in [1.54, 1.807) is 0 Å². The van der Waals surface area contributed by atoms with Crippen LogP contribution in [-0.4, -0.2) is 16.1 Å². The minimum atomic E-state index is 0.0284. The van der Waals surface area contributed by atoms with Crippen molar-refractivity contribution in [3.8, 4) is 0 Å². The van der Waals surface area contributed by atoms with Crippen LogP contribution in [0.5, 0.6) is 0 Å². The average Bonchev–Trinajstić information content (AvgIpc) is 2.76. The SMILES string of the molecule is CC1(C)CCCNC1c1nc2ccccc2n1C(C)(C)C. The first-order valence-corrected chi connectivity index (χ1v) is 8.02. The highest BCUT2D eigenvalue weighted by Crippen LogP contribution is 2.41. The molecule has 1 aromatic carbocycles. The summed E-state index contributed by atoms with van der Waals surface area (Å²) in [4.78, 5) is 5.00. The second kappa shape index (κ2) is 4.84. The second-order valence-corrected chi connectivity index (χ2v) is 7.94. The first-order chi connectivity index (χ1) is 9.81. The molecule has 1 aliphatic rings. The van der Waals surface area contributed by atoms with Gasteiger partial charge in [-0.1, -0.05) is 26.0 Å². The fraction of sp³-hybridized carbons (Fsp3) is 0.611. The summed E-state index contributed by atoms with van der Waals surface area (Å²) in [7, 11) is 0. The molecule has 0 bridgehead atoms. The number of piperidine rings is 1. The molecule has 3 heteroatoms. The summed E-state index contributed by atoms with van der Waals surface area (Å²) in [6, 6.07) is 8.81. The van der Waals surface area contributed by atoms with Crippen LogP contribution in [0.25, 0.3) is 11.0 Å². The normalized spacial score (nSPS) is 22.6. The summed E-state index contributed by atoms with van der Waals surface area (Å²) < 4.78 is 2.42. The van der Waals surface area contributed by atoms with Gasteiger partial charge in [0, 0.05) is 5.54 Å². The van der Waals surface area contributed by atoms with Gasteiger partial charge in [0.05, 0.1) is 17.1 Å². The Balaban J connectivity index is 2.22. The minimum Gasteiger partial charge on any atom is -0.321 e. The van der Waals surface area contributed by atoms with Gasteiger partial charge in [-0.2, -0.15) is 0 Å². The highest BCUT2D eigenvalue weighted by atomic mass is 15.2. The lowest BCUT2D eigenvalue weighted by atomic mass is 9.77. The van der Waals surface area contributed by atoms with E-state index >= 15 is 0 Å². The van der Waals surface area contributed by atoms with Crippen LogP contribution in [0.4, 0.5) is 0 Å². The molecule has 1 atom stereocenters. The minimum absolute atomic E-state index is 0.0284. The first-order valence-electron chi connectivity index (χ1n) is 8.02. The maximum absolute atomic E-state index is 5.00. The number of benzene rings is 1.